The Labute approximate surface area is 75.0 Å². The van der Waals surface area contributed by atoms with Gasteiger partial charge >= 0.3 is 37.7 Å². The molecule has 4 nitrogen and oxygen atoms in total. The molecular formula is CCaO4S. The van der Waals surface area contributed by atoms with Crippen LogP contribution < -0.4 is 10.2 Å². The molecule has 0 aliphatic heterocycles. The van der Waals surface area contributed by atoms with E-state index in [1.807, 2.05) is 0 Å². The Kier molecular flexibility index (Phi) is 35.8. The molecule has 0 rings (SSSR count). The van der Waals surface area contributed by atoms with Gasteiger partial charge < -0.3 is 15.0 Å². The van der Waals surface area contributed by atoms with Crippen molar-refractivity contribution in [2.45, 2.75) is 0 Å². The molecule has 0 saturated carbocycles. The minimum atomic E-state index is -2.33. The summed E-state index contributed by atoms with van der Waals surface area (Å²) in [6.07, 6.45) is -2.33. The van der Waals surface area contributed by atoms with Crippen LogP contribution in [0.5, 0.6) is 0 Å². The van der Waals surface area contributed by atoms with Gasteiger partial charge in [-0.1, -0.05) is 0 Å². The predicted octanol–water partition coefficient (Wildman–Crippen LogP) is -3.16. The van der Waals surface area contributed by atoms with Gasteiger partial charge in [-0.15, -0.1) is 0 Å². The quantitative estimate of drug-likeness (QED) is 0.339. The summed E-state index contributed by atoms with van der Waals surface area (Å²) in [5, 5.41) is 16.7. The zero-order chi connectivity index (χ0) is 5.58. The summed E-state index contributed by atoms with van der Waals surface area (Å²) in [5.41, 5.74) is 0. The van der Waals surface area contributed by atoms with E-state index in [2.05, 4.69) is 12.5 Å². The molecule has 6 heteroatoms. The maximum atomic E-state index is 8.33. The molecule has 0 atom stereocenters. The fourth-order valence-corrected chi connectivity index (χ4v) is 0. The Morgan fingerprint density at radius 1 is 1.29 bits per heavy atom. The molecule has 0 aromatic rings. The Hall–Kier alpha value is 0.550. The van der Waals surface area contributed by atoms with Gasteiger partial charge in [-0.3, -0.25) is 0 Å². The maximum absolute atomic E-state index is 8.33. The number of rotatable bonds is 0. The van der Waals surface area contributed by atoms with Gasteiger partial charge in [0, 0.05) is 0 Å². The van der Waals surface area contributed by atoms with Crippen LogP contribution >= 0.6 is 0 Å². The van der Waals surface area contributed by atoms with E-state index in [1.54, 1.807) is 0 Å². The van der Waals surface area contributed by atoms with Crippen LogP contribution in [0.2, 0.25) is 0 Å². The Morgan fingerprint density at radius 2 is 1.29 bits per heavy atom. The van der Waals surface area contributed by atoms with Crippen molar-refractivity contribution >= 4 is 56.4 Å². The number of hydrogen-bond donors (Lipinski definition) is 0. The topological polar surface area (TPSA) is 80.3 Å². The monoisotopic (exact) mass is 148 g/mol. The fraction of sp³-hybridized carbons (Fsp3) is 0. The van der Waals surface area contributed by atoms with E-state index in [4.69, 9.17) is 19.2 Å². The first-order valence-corrected chi connectivity index (χ1v) is 1.11. The third-order valence-electron chi connectivity index (χ3n) is 0. The van der Waals surface area contributed by atoms with Gasteiger partial charge in [-0.25, -0.2) is 0 Å². The van der Waals surface area contributed by atoms with Gasteiger partial charge in [0.25, 0.3) is 0 Å². The molecule has 0 aromatic heterocycles. The van der Waals surface area contributed by atoms with Gasteiger partial charge in [-0.05, 0) is 6.16 Å². The van der Waals surface area contributed by atoms with Crippen molar-refractivity contribution in [1.82, 2.24) is 0 Å². The van der Waals surface area contributed by atoms with Crippen molar-refractivity contribution in [1.29, 1.82) is 0 Å². The van der Waals surface area contributed by atoms with Crippen molar-refractivity contribution < 1.29 is 19.2 Å². The van der Waals surface area contributed by atoms with Crippen LogP contribution in [0.15, 0.2) is 0 Å². The summed E-state index contributed by atoms with van der Waals surface area (Å²) in [7, 11) is 0. The third kappa shape index (κ3) is 449. The molecule has 0 fully saturated rings. The predicted molar refractivity (Wildman–Crippen MR) is 19.3 cm³/mol. The van der Waals surface area contributed by atoms with Crippen LogP contribution in [0.25, 0.3) is 0 Å². The molecule has 0 radical (unpaired) electrons. The summed E-state index contributed by atoms with van der Waals surface area (Å²) in [5.74, 6) is 0. The van der Waals surface area contributed by atoms with Gasteiger partial charge in [0.05, 0.1) is 0 Å². The molecule has 0 unspecified atom stereocenters. The van der Waals surface area contributed by atoms with Crippen LogP contribution in [0.3, 0.4) is 0 Å². The maximum Gasteiger partial charge on any atom is 2.00 e. The molecule has 0 heterocycles. The summed E-state index contributed by atoms with van der Waals surface area (Å²) in [4.78, 5) is 8.33. The molecule has 36 valence electrons. The summed E-state index contributed by atoms with van der Waals surface area (Å²) in [6, 6.07) is 0. The summed E-state index contributed by atoms with van der Waals surface area (Å²) in [6.45, 7) is 0. The first-order valence-electron chi connectivity index (χ1n) is 0.779. The van der Waals surface area contributed by atoms with Crippen molar-refractivity contribution in [3.8, 4) is 0 Å². The molecule has 0 spiro atoms. The second-order valence-corrected chi connectivity index (χ2v) is 0.250. The van der Waals surface area contributed by atoms with E-state index in [0.29, 0.717) is 0 Å². The van der Waals surface area contributed by atoms with Gasteiger partial charge in [0.2, 0.25) is 0 Å². The number of carbonyl (C=O) groups excluding carboxylic acids is 1. The molecule has 0 bridgehead atoms. The second-order valence-electron chi connectivity index (χ2n) is 0.250. The third-order valence-corrected chi connectivity index (χ3v) is 0. The van der Waals surface area contributed by atoms with E-state index in [9.17, 15) is 0 Å². The molecular weight excluding hydrogens is 148 g/mol. The van der Waals surface area contributed by atoms with Crippen LogP contribution in [0.1, 0.15) is 0 Å². The molecule has 0 aromatic carbocycles. The van der Waals surface area contributed by atoms with Gasteiger partial charge in [-0.2, -0.15) is 4.21 Å². The molecule has 0 aliphatic rings. The number of carbonyl (C=O) groups is 1. The first kappa shape index (κ1) is 15.6. The van der Waals surface area contributed by atoms with E-state index in [0.717, 1.165) is 0 Å². The van der Waals surface area contributed by atoms with Crippen molar-refractivity contribution in [2.75, 3.05) is 0 Å². The first-order chi connectivity index (χ1) is 2.73. The smallest absolute Gasteiger partial charge is 0.652 e. The van der Waals surface area contributed by atoms with E-state index in [-0.39, 0.29) is 37.7 Å². The Balaban J connectivity index is -0.0000000480. The zero-order valence-electron chi connectivity index (χ0n) is 3.25. The van der Waals surface area contributed by atoms with Crippen molar-refractivity contribution in [3.05, 3.63) is 0 Å². The number of carboxylic acid groups (broad SMARTS) is 2. The Morgan fingerprint density at radius 3 is 1.29 bits per heavy atom. The SMILES string of the molecule is O=C([O-])[O-].O=S.[Ca+2]. The van der Waals surface area contributed by atoms with Crippen LogP contribution in [0.4, 0.5) is 4.79 Å². The van der Waals surface area contributed by atoms with Crippen LogP contribution in [-0.4, -0.2) is 48.1 Å². The molecule has 0 amide bonds. The van der Waals surface area contributed by atoms with Crippen LogP contribution in [-0.2, 0) is 12.5 Å². The Bertz CT molecular complexity index is 43.0. The average Bonchev–Trinajstić information content (AvgIpc) is 1.41. The standard InChI is InChI=1S/CH2O3.Ca.OS/c2-1(3)4;;1-2/h(H2,2,3,4);;/q;+2;/p-2. The molecule has 0 aliphatic carbocycles. The number of hydrogen-bond acceptors (Lipinski definition) is 5. The van der Waals surface area contributed by atoms with Crippen molar-refractivity contribution in [2.24, 2.45) is 0 Å². The van der Waals surface area contributed by atoms with Crippen molar-refractivity contribution in [3.63, 3.8) is 0 Å². The van der Waals surface area contributed by atoms with E-state index in [1.165, 1.54) is 0 Å². The minimum absolute atomic E-state index is 0. The summed E-state index contributed by atoms with van der Waals surface area (Å²) < 4.78 is 7.83. The minimum Gasteiger partial charge on any atom is -0.652 e. The molecule has 7 heavy (non-hydrogen) atoms. The average molecular weight is 148 g/mol. The normalized spacial score (nSPS) is 4.00. The van der Waals surface area contributed by atoms with Crippen LogP contribution in [0, 0.1) is 0 Å². The summed E-state index contributed by atoms with van der Waals surface area (Å²) >= 11 is 2.83. The second kappa shape index (κ2) is 16.0. The van der Waals surface area contributed by atoms with Gasteiger partial charge in [0.1, 0.15) is 0 Å². The van der Waals surface area contributed by atoms with E-state index < -0.39 is 6.16 Å². The zero-order valence-corrected chi connectivity index (χ0v) is 6.27. The van der Waals surface area contributed by atoms with Gasteiger partial charge in [0.15, 0.2) is 12.5 Å². The largest absolute Gasteiger partial charge is 2.00 e. The molecule has 0 saturated heterocycles. The van der Waals surface area contributed by atoms with E-state index >= 15 is 0 Å². The molecule has 0 N–H and O–H groups in total. The fourth-order valence-electron chi connectivity index (χ4n) is 0.